The number of rotatable bonds is 11. The summed E-state index contributed by atoms with van der Waals surface area (Å²) in [5, 5.41) is 15.3. The SMILES string of the molecule is COc1cc(Nc2cc(Oc3ccc(NC(=O)Nc4cc(C(C)(C)C)cc(P(C)C)c4OC)c4ccccc34)ccn2)ccc1C(=O)NC1CCN(C)CC1. The van der Waals surface area contributed by atoms with Crippen molar-refractivity contribution in [2.45, 2.75) is 45.1 Å². The maximum absolute atomic E-state index is 13.5. The lowest BCUT2D eigenvalue weighted by atomic mass is 9.86. The lowest BCUT2D eigenvalue weighted by Gasteiger charge is -2.29. The van der Waals surface area contributed by atoms with Crippen LogP contribution in [-0.4, -0.2) is 75.6 Å². The number of hydrogen-bond acceptors (Lipinski definition) is 8. The number of anilines is 4. The zero-order valence-corrected chi connectivity index (χ0v) is 33.8. The van der Waals surface area contributed by atoms with Crippen LogP contribution in [0.2, 0.25) is 0 Å². The van der Waals surface area contributed by atoms with Crippen molar-refractivity contribution in [2.75, 3.05) is 63.6 Å². The second-order valence-corrected chi connectivity index (χ2v) is 17.3. The molecule has 1 aliphatic rings. The van der Waals surface area contributed by atoms with Gasteiger partial charge in [-0.3, -0.25) is 4.79 Å². The van der Waals surface area contributed by atoms with E-state index in [4.69, 9.17) is 14.2 Å². The molecule has 4 N–H and O–H groups in total. The van der Waals surface area contributed by atoms with E-state index in [2.05, 4.69) is 78.4 Å². The highest BCUT2D eigenvalue weighted by Gasteiger charge is 2.23. The van der Waals surface area contributed by atoms with Gasteiger partial charge in [-0.15, -0.1) is 0 Å². The number of nitrogens with one attached hydrogen (secondary N) is 4. The number of likely N-dealkylation sites (tertiary alicyclic amines) is 1. The molecule has 0 bridgehead atoms. The second kappa shape index (κ2) is 17.0. The van der Waals surface area contributed by atoms with Gasteiger partial charge in [-0.25, -0.2) is 9.78 Å². The fraction of sp³-hybridized carbons (Fsp3) is 0.326. The highest BCUT2D eigenvalue weighted by atomic mass is 31.1. The first-order chi connectivity index (χ1) is 26.3. The molecule has 1 fully saturated rings. The van der Waals surface area contributed by atoms with Crippen LogP contribution in [0.4, 0.5) is 27.7 Å². The van der Waals surface area contributed by atoms with E-state index in [1.165, 1.54) is 0 Å². The number of urea groups is 1. The summed E-state index contributed by atoms with van der Waals surface area (Å²) in [6.07, 6.45) is 3.51. The molecule has 0 saturated carbocycles. The zero-order valence-electron chi connectivity index (χ0n) is 32.9. The zero-order chi connectivity index (χ0) is 39.3. The van der Waals surface area contributed by atoms with Gasteiger partial charge < -0.3 is 40.4 Å². The van der Waals surface area contributed by atoms with E-state index in [9.17, 15) is 9.59 Å². The predicted octanol–water partition coefficient (Wildman–Crippen LogP) is 8.92. The van der Waals surface area contributed by atoms with Crippen LogP contribution in [0.3, 0.4) is 0 Å². The Morgan fingerprint density at radius 1 is 0.836 bits per heavy atom. The van der Waals surface area contributed by atoms with Crippen LogP contribution < -0.4 is 40.8 Å². The molecule has 0 atom stereocenters. The van der Waals surface area contributed by atoms with Crippen molar-refractivity contribution in [3.63, 3.8) is 0 Å². The lowest BCUT2D eigenvalue weighted by molar-refractivity contribution is 0.0914. The molecule has 55 heavy (non-hydrogen) atoms. The van der Waals surface area contributed by atoms with Crippen molar-refractivity contribution in [3.05, 3.63) is 96.2 Å². The van der Waals surface area contributed by atoms with Crippen LogP contribution in [0.25, 0.3) is 10.8 Å². The van der Waals surface area contributed by atoms with Crippen molar-refractivity contribution < 1.29 is 23.8 Å². The molecule has 3 amide bonds. The van der Waals surface area contributed by atoms with Crippen LogP contribution in [-0.2, 0) is 5.41 Å². The van der Waals surface area contributed by atoms with Crippen LogP contribution in [0.15, 0.2) is 85.1 Å². The number of benzene rings is 4. The molecule has 1 aromatic heterocycles. The Morgan fingerprint density at radius 2 is 1.56 bits per heavy atom. The summed E-state index contributed by atoms with van der Waals surface area (Å²) in [6.45, 7) is 12.8. The Hall–Kier alpha value is -5.38. The molecule has 1 saturated heterocycles. The van der Waals surface area contributed by atoms with E-state index < -0.39 is 7.92 Å². The Balaban J connectivity index is 1.17. The molecule has 11 nitrogen and oxygen atoms in total. The van der Waals surface area contributed by atoms with Gasteiger partial charge in [-0.2, -0.15) is 0 Å². The maximum Gasteiger partial charge on any atom is 0.323 e. The molecule has 4 aromatic carbocycles. The third-order valence-electron chi connectivity index (χ3n) is 9.73. The molecular formula is C43H51N6O5P. The molecule has 12 heteroatoms. The van der Waals surface area contributed by atoms with E-state index in [0.29, 0.717) is 51.4 Å². The number of carbonyl (C=O) groups excluding carboxylic acids is 2. The monoisotopic (exact) mass is 762 g/mol. The number of pyridine rings is 1. The summed E-state index contributed by atoms with van der Waals surface area (Å²) < 4.78 is 17.8. The fourth-order valence-electron chi connectivity index (χ4n) is 6.62. The lowest BCUT2D eigenvalue weighted by Crippen LogP contribution is -2.43. The van der Waals surface area contributed by atoms with Gasteiger partial charge in [-0.05, 0) is 99.8 Å². The van der Waals surface area contributed by atoms with Crippen LogP contribution >= 0.6 is 7.92 Å². The van der Waals surface area contributed by atoms with Gasteiger partial charge in [0.15, 0.2) is 0 Å². The molecule has 0 radical (unpaired) electrons. The minimum atomic E-state index is -0.486. The first-order valence-electron chi connectivity index (χ1n) is 18.4. The summed E-state index contributed by atoms with van der Waals surface area (Å²) >= 11 is 0. The summed E-state index contributed by atoms with van der Waals surface area (Å²) in [6, 6.07) is 24.3. The van der Waals surface area contributed by atoms with Gasteiger partial charge in [0.1, 0.15) is 28.8 Å². The van der Waals surface area contributed by atoms with E-state index in [1.54, 1.807) is 44.7 Å². The molecule has 0 aliphatic carbocycles. The second-order valence-electron chi connectivity index (χ2n) is 15.0. The van der Waals surface area contributed by atoms with Gasteiger partial charge in [0, 0.05) is 46.1 Å². The predicted molar refractivity (Wildman–Crippen MR) is 225 cm³/mol. The number of hydrogen-bond donors (Lipinski definition) is 4. The van der Waals surface area contributed by atoms with Crippen molar-refractivity contribution in [1.82, 2.24) is 15.2 Å². The summed E-state index contributed by atoms with van der Waals surface area (Å²) in [5.74, 6) is 2.73. The standard InChI is InChI=1S/C43H51N6O5P/c1-43(2,3)27-23-35(40(53-6)38(24-27)55(7)8)48-42(51)47-34-15-16-36(32-12-10-9-11-31(32)34)54-30-17-20-44-39(26-30)45-29-13-14-33(37(25-29)52-5)41(50)46-28-18-21-49(4)22-19-28/h9-17,20,23-26,28H,18-19,21-22H2,1-8H3,(H,44,45)(H,46,50)(H2,47,48,51). The number of methoxy groups -OCH3 is 2. The summed E-state index contributed by atoms with van der Waals surface area (Å²) in [7, 11) is 4.81. The summed E-state index contributed by atoms with van der Waals surface area (Å²) in [4.78, 5) is 33.4. The largest absolute Gasteiger partial charge is 0.496 e. The maximum atomic E-state index is 13.5. The Kier molecular flexibility index (Phi) is 12.1. The normalized spacial score (nSPS) is 13.7. The molecule has 288 valence electrons. The van der Waals surface area contributed by atoms with Crippen molar-refractivity contribution in [1.29, 1.82) is 0 Å². The first kappa shape index (κ1) is 39.3. The van der Waals surface area contributed by atoms with Crippen LogP contribution in [0.5, 0.6) is 23.0 Å². The van der Waals surface area contributed by atoms with Crippen molar-refractivity contribution in [2.24, 2.45) is 0 Å². The van der Waals surface area contributed by atoms with Gasteiger partial charge in [0.25, 0.3) is 5.91 Å². The van der Waals surface area contributed by atoms with Gasteiger partial charge in [0.2, 0.25) is 0 Å². The van der Waals surface area contributed by atoms with E-state index >= 15 is 0 Å². The minimum absolute atomic E-state index is 0.110. The molecule has 0 spiro atoms. The quantitative estimate of drug-likeness (QED) is 0.0984. The average molecular weight is 763 g/mol. The molecule has 6 rings (SSSR count). The third-order valence-corrected chi connectivity index (χ3v) is 11.0. The number of nitrogens with zero attached hydrogens (tertiary/aromatic N) is 2. The van der Waals surface area contributed by atoms with Crippen LogP contribution in [0.1, 0.15) is 49.5 Å². The summed E-state index contributed by atoms with van der Waals surface area (Å²) in [5.41, 5.74) is 3.47. The topological polar surface area (TPSA) is 126 Å². The molecule has 0 unspecified atom stereocenters. The molecule has 5 aromatic rings. The fourth-order valence-corrected chi connectivity index (χ4v) is 7.64. The number of carbonyl (C=O) groups is 2. The Morgan fingerprint density at radius 3 is 2.25 bits per heavy atom. The van der Waals surface area contributed by atoms with Crippen molar-refractivity contribution >= 4 is 58.8 Å². The number of aromatic nitrogens is 1. The average Bonchev–Trinajstić information content (AvgIpc) is 3.16. The van der Waals surface area contributed by atoms with E-state index in [1.807, 2.05) is 48.5 Å². The Labute approximate surface area is 324 Å². The van der Waals surface area contributed by atoms with Gasteiger partial charge >= 0.3 is 6.03 Å². The highest BCUT2D eigenvalue weighted by molar-refractivity contribution is 7.64. The smallest absolute Gasteiger partial charge is 0.323 e. The number of fused-ring (bicyclic) bond motifs is 1. The third kappa shape index (κ3) is 9.47. The first-order valence-corrected chi connectivity index (χ1v) is 20.6. The molecular weight excluding hydrogens is 711 g/mol. The highest BCUT2D eigenvalue weighted by Crippen LogP contribution is 2.39. The minimum Gasteiger partial charge on any atom is -0.496 e. The van der Waals surface area contributed by atoms with Crippen LogP contribution in [0, 0.1) is 0 Å². The van der Waals surface area contributed by atoms with E-state index in [0.717, 1.165) is 47.6 Å². The van der Waals surface area contributed by atoms with Crippen molar-refractivity contribution in [3.8, 4) is 23.0 Å². The van der Waals surface area contributed by atoms with E-state index in [-0.39, 0.29) is 23.4 Å². The molecule has 1 aliphatic heterocycles. The number of ether oxygens (including phenoxy) is 3. The number of piperidine rings is 1. The van der Waals surface area contributed by atoms with Gasteiger partial charge in [0.05, 0.1) is 31.2 Å². The van der Waals surface area contributed by atoms with Gasteiger partial charge in [-0.1, -0.05) is 53.0 Å². The molecule has 2 heterocycles. The number of amides is 3. The Bertz CT molecular complexity index is 2180.